The van der Waals surface area contributed by atoms with Crippen LogP contribution in [0.5, 0.6) is 0 Å². The molecule has 1 aliphatic heterocycles. The Morgan fingerprint density at radius 3 is 2.81 bits per heavy atom. The molecule has 1 heterocycles. The summed E-state index contributed by atoms with van der Waals surface area (Å²) in [5.74, 6) is -0.356. The zero-order valence-corrected chi connectivity index (χ0v) is 8.83. The van der Waals surface area contributed by atoms with Crippen molar-refractivity contribution < 1.29 is 19.4 Å². The molecule has 0 aromatic heterocycles. The fourth-order valence-corrected chi connectivity index (χ4v) is 1.63. The minimum atomic E-state index is -0.430. The molecule has 2 atom stereocenters. The van der Waals surface area contributed by atoms with Gasteiger partial charge >= 0.3 is 5.97 Å². The van der Waals surface area contributed by atoms with Gasteiger partial charge in [0.1, 0.15) is 6.61 Å². The van der Waals surface area contributed by atoms with Gasteiger partial charge < -0.3 is 14.6 Å². The zero-order valence-electron chi connectivity index (χ0n) is 8.83. The fourth-order valence-electron chi connectivity index (χ4n) is 1.63. The van der Waals surface area contributed by atoms with Gasteiger partial charge in [-0.3, -0.25) is 0 Å². The van der Waals surface area contributed by atoms with E-state index < -0.39 is 6.10 Å². The molecule has 1 aromatic rings. The van der Waals surface area contributed by atoms with Crippen LogP contribution in [0.25, 0.3) is 0 Å². The Balaban J connectivity index is 1.80. The van der Waals surface area contributed by atoms with Crippen LogP contribution in [0.3, 0.4) is 0 Å². The van der Waals surface area contributed by atoms with Crippen molar-refractivity contribution in [2.45, 2.75) is 18.6 Å². The van der Waals surface area contributed by atoms with Gasteiger partial charge in [0.25, 0.3) is 0 Å². The Bertz CT molecular complexity index is 349. The molecule has 0 spiro atoms. The van der Waals surface area contributed by atoms with Gasteiger partial charge in [0, 0.05) is 6.42 Å². The zero-order chi connectivity index (χ0) is 11.4. The number of esters is 1. The number of ether oxygens (including phenoxy) is 2. The topological polar surface area (TPSA) is 55.8 Å². The first-order chi connectivity index (χ1) is 7.75. The van der Waals surface area contributed by atoms with Crippen LogP contribution in [0.1, 0.15) is 16.8 Å². The molecule has 1 aliphatic rings. The second-order valence-corrected chi connectivity index (χ2v) is 3.81. The molecule has 1 saturated heterocycles. The number of aliphatic hydroxyl groups excluding tert-OH is 1. The predicted octanol–water partition coefficient (Wildman–Crippen LogP) is 0.993. The molecule has 4 heteroatoms. The second-order valence-electron chi connectivity index (χ2n) is 3.81. The van der Waals surface area contributed by atoms with Crippen molar-refractivity contribution in [1.29, 1.82) is 0 Å². The highest BCUT2D eigenvalue weighted by Gasteiger charge is 2.24. The second kappa shape index (κ2) is 5.09. The molecule has 2 rings (SSSR count). The summed E-state index contributed by atoms with van der Waals surface area (Å²) in [5.41, 5.74) is 0.529. The molecule has 0 saturated carbocycles. The van der Waals surface area contributed by atoms with E-state index in [1.807, 2.05) is 6.07 Å². The highest BCUT2D eigenvalue weighted by atomic mass is 16.6. The first-order valence-corrected chi connectivity index (χ1v) is 5.27. The van der Waals surface area contributed by atoms with E-state index in [-0.39, 0.29) is 18.7 Å². The fraction of sp³-hybridized carbons (Fsp3) is 0.417. The number of hydrogen-bond donors (Lipinski definition) is 1. The van der Waals surface area contributed by atoms with E-state index in [4.69, 9.17) is 9.47 Å². The summed E-state index contributed by atoms with van der Waals surface area (Å²) in [4.78, 5) is 11.5. The Morgan fingerprint density at radius 1 is 1.44 bits per heavy atom. The summed E-state index contributed by atoms with van der Waals surface area (Å²) in [6.07, 6.45) is -0.0784. The van der Waals surface area contributed by atoms with Crippen LogP contribution < -0.4 is 0 Å². The van der Waals surface area contributed by atoms with Gasteiger partial charge in [-0.1, -0.05) is 18.2 Å². The maximum absolute atomic E-state index is 11.5. The third-order valence-electron chi connectivity index (χ3n) is 2.47. The monoisotopic (exact) mass is 222 g/mol. The van der Waals surface area contributed by atoms with Crippen molar-refractivity contribution in [3.63, 3.8) is 0 Å². The van der Waals surface area contributed by atoms with Crippen molar-refractivity contribution in [3.05, 3.63) is 35.9 Å². The Hall–Kier alpha value is -1.39. The molecule has 1 fully saturated rings. The number of carbonyl (C=O) groups is 1. The average molecular weight is 222 g/mol. The largest absolute Gasteiger partial charge is 0.459 e. The lowest BCUT2D eigenvalue weighted by Gasteiger charge is -2.09. The molecular weight excluding hydrogens is 208 g/mol. The number of benzene rings is 1. The lowest BCUT2D eigenvalue weighted by molar-refractivity contribution is 0.0147. The van der Waals surface area contributed by atoms with Crippen LogP contribution in [0, 0.1) is 0 Å². The summed E-state index contributed by atoms with van der Waals surface area (Å²) in [5, 5.41) is 9.22. The molecule has 0 unspecified atom stereocenters. The SMILES string of the molecule is O=C(OC[C@@H]1C[C@@H](O)CO1)c1ccccc1. The third-order valence-corrected chi connectivity index (χ3v) is 2.47. The molecule has 1 aromatic carbocycles. The summed E-state index contributed by atoms with van der Waals surface area (Å²) >= 11 is 0. The Labute approximate surface area is 93.8 Å². The first kappa shape index (κ1) is 11.1. The quantitative estimate of drug-likeness (QED) is 0.775. The first-order valence-electron chi connectivity index (χ1n) is 5.27. The van der Waals surface area contributed by atoms with Crippen LogP contribution in [0.2, 0.25) is 0 Å². The van der Waals surface area contributed by atoms with Gasteiger partial charge in [0.05, 0.1) is 24.4 Å². The third kappa shape index (κ3) is 2.81. The molecular formula is C12H14O4. The molecule has 0 aliphatic carbocycles. The minimum Gasteiger partial charge on any atom is -0.459 e. The molecule has 0 amide bonds. The van der Waals surface area contributed by atoms with Crippen LogP contribution >= 0.6 is 0 Å². The van der Waals surface area contributed by atoms with Gasteiger partial charge in [-0.25, -0.2) is 4.79 Å². The van der Waals surface area contributed by atoms with Crippen LogP contribution in [-0.2, 0) is 9.47 Å². The molecule has 16 heavy (non-hydrogen) atoms. The van der Waals surface area contributed by atoms with Gasteiger partial charge in [0.2, 0.25) is 0 Å². The number of carbonyl (C=O) groups excluding carboxylic acids is 1. The van der Waals surface area contributed by atoms with Crippen molar-refractivity contribution in [2.75, 3.05) is 13.2 Å². The van der Waals surface area contributed by atoms with Crippen LogP contribution in [-0.4, -0.2) is 36.5 Å². The van der Waals surface area contributed by atoms with Crippen LogP contribution in [0.4, 0.5) is 0 Å². The average Bonchev–Trinajstić information content (AvgIpc) is 2.73. The Morgan fingerprint density at radius 2 is 2.19 bits per heavy atom. The van der Waals surface area contributed by atoms with E-state index in [0.29, 0.717) is 18.6 Å². The van der Waals surface area contributed by atoms with Crippen molar-refractivity contribution in [3.8, 4) is 0 Å². The molecule has 86 valence electrons. The van der Waals surface area contributed by atoms with Crippen molar-refractivity contribution in [1.82, 2.24) is 0 Å². The lowest BCUT2D eigenvalue weighted by Crippen LogP contribution is -2.18. The summed E-state index contributed by atoms with van der Waals surface area (Å²) in [7, 11) is 0. The number of rotatable bonds is 3. The van der Waals surface area contributed by atoms with E-state index in [1.165, 1.54) is 0 Å². The summed E-state index contributed by atoms with van der Waals surface area (Å²) in [6, 6.07) is 8.81. The standard InChI is InChI=1S/C12H14O4/c13-10-6-11(15-7-10)8-16-12(14)9-4-2-1-3-5-9/h1-5,10-11,13H,6-8H2/t10-,11+/m1/s1. The van der Waals surface area contributed by atoms with Crippen molar-refractivity contribution in [2.24, 2.45) is 0 Å². The smallest absolute Gasteiger partial charge is 0.338 e. The van der Waals surface area contributed by atoms with E-state index in [2.05, 4.69) is 0 Å². The van der Waals surface area contributed by atoms with E-state index >= 15 is 0 Å². The van der Waals surface area contributed by atoms with Gasteiger partial charge in [-0.15, -0.1) is 0 Å². The predicted molar refractivity (Wildman–Crippen MR) is 57.1 cm³/mol. The van der Waals surface area contributed by atoms with E-state index in [0.717, 1.165) is 0 Å². The number of hydrogen-bond acceptors (Lipinski definition) is 4. The summed E-state index contributed by atoms with van der Waals surface area (Å²) in [6.45, 7) is 0.526. The Kier molecular flexibility index (Phi) is 3.54. The van der Waals surface area contributed by atoms with E-state index in [1.54, 1.807) is 24.3 Å². The highest BCUT2D eigenvalue weighted by molar-refractivity contribution is 5.89. The van der Waals surface area contributed by atoms with Gasteiger partial charge in [0.15, 0.2) is 0 Å². The van der Waals surface area contributed by atoms with Gasteiger partial charge in [-0.2, -0.15) is 0 Å². The van der Waals surface area contributed by atoms with Crippen LogP contribution in [0.15, 0.2) is 30.3 Å². The molecule has 4 nitrogen and oxygen atoms in total. The number of aliphatic hydroxyl groups is 1. The molecule has 0 radical (unpaired) electrons. The maximum atomic E-state index is 11.5. The van der Waals surface area contributed by atoms with Gasteiger partial charge in [-0.05, 0) is 12.1 Å². The molecule has 1 N–H and O–H groups in total. The lowest BCUT2D eigenvalue weighted by atomic mass is 10.2. The highest BCUT2D eigenvalue weighted by Crippen LogP contribution is 2.13. The van der Waals surface area contributed by atoms with E-state index in [9.17, 15) is 9.90 Å². The minimum absolute atomic E-state index is 0.178. The molecule has 0 bridgehead atoms. The maximum Gasteiger partial charge on any atom is 0.338 e. The normalized spacial score (nSPS) is 24.3. The summed E-state index contributed by atoms with van der Waals surface area (Å²) < 4.78 is 10.3. The van der Waals surface area contributed by atoms with Crippen molar-refractivity contribution >= 4 is 5.97 Å².